The Morgan fingerprint density at radius 3 is 2.72 bits per heavy atom. The molecule has 1 fully saturated rings. The number of hydrogen-bond acceptors (Lipinski definition) is 3. The lowest BCUT2D eigenvalue weighted by Gasteiger charge is -2.35. The molecule has 0 aliphatic carbocycles. The largest absolute Gasteiger partial charge is 0.480 e. The summed E-state index contributed by atoms with van der Waals surface area (Å²) in [5.74, 6) is -0.741. The van der Waals surface area contributed by atoms with Crippen molar-refractivity contribution in [3.05, 3.63) is 0 Å². The van der Waals surface area contributed by atoms with Crippen molar-refractivity contribution in [2.45, 2.75) is 71.0 Å². The SMILES string of the molecule is CCCNC(C)(CC(C)N1CCCC1C)C(=O)O. The fourth-order valence-corrected chi connectivity index (χ4v) is 2.95. The number of rotatable bonds is 7. The van der Waals surface area contributed by atoms with Crippen LogP contribution < -0.4 is 5.32 Å². The summed E-state index contributed by atoms with van der Waals surface area (Å²) in [5.41, 5.74) is -0.808. The van der Waals surface area contributed by atoms with Crippen molar-refractivity contribution in [2.75, 3.05) is 13.1 Å². The summed E-state index contributed by atoms with van der Waals surface area (Å²) in [4.78, 5) is 13.9. The van der Waals surface area contributed by atoms with Crippen LogP contribution >= 0.6 is 0 Å². The minimum absolute atomic E-state index is 0.313. The molecule has 0 aromatic carbocycles. The lowest BCUT2D eigenvalue weighted by molar-refractivity contribution is -0.145. The lowest BCUT2D eigenvalue weighted by Crippen LogP contribution is -2.54. The van der Waals surface area contributed by atoms with Crippen LogP contribution in [0.3, 0.4) is 0 Å². The number of aliphatic carboxylic acids is 1. The van der Waals surface area contributed by atoms with E-state index in [1.54, 1.807) is 0 Å². The van der Waals surface area contributed by atoms with Gasteiger partial charge in [-0.25, -0.2) is 0 Å². The number of nitrogens with zero attached hydrogens (tertiary/aromatic N) is 1. The van der Waals surface area contributed by atoms with Crippen molar-refractivity contribution in [3.63, 3.8) is 0 Å². The van der Waals surface area contributed by atoms with E-state index >= 15 is 0 Å². The van der Waals surface area contributed by atoms with Gasteiger partial charge in [-0.2, -0.15) is 0 Å². The molecule has 3 atom stereocenters. The molecule has 0 spiro atoms. The fourth-order valence-electron chi connectivity index (χ4n) is 2.95. The van der Waals surface area contributed by atoms with Crippen molar-refractivity contribution < 1.29 is 9.90 Å². The van der Waals surface area contributed by atoms with Crippen LogP contribution in [0.25, 0.3) is 0 Å². The molecule has 1 saturated heterocycles. The van der Waals surface area contributed by atoms with Gasteiger partial charge in [0.05, 0.1) is 0 Å². The molecule has 106 valence electrons. The molecule has 0 amide bonds. The molecule has 0 aromatic heterocycles. The molecule has 3 unspecified atom stereocenters. The van der Waals surface area contributed by atoms with Crippen LogP contribution in [0.4, 0.5) is 0 Å². The van der Waals surface area contributed by atoms with E-state index in [1.165, 1.54) is 12.8 Å². The van der Waals surface area contributed by atoms with Crippen LogP contribution in [0.1, 0.15) is 53.4 Å². The number of carboxylic acids is 1. The zero-order valence-electron chi connectivity index (χ0n) is 12.2. The Balaban J connectivity index is 2.62. The van der Waals surface area contributed by atoms with E-state index in [-0.39, 0.29) is 0 Å². The highest BCUT2D eigenvalue weighted by Gasteiger charge is 2.37. The van der Waals surface area contributed by atoms with Crippen molar-refractivity contribution in [1.82, 2.24) is 10.2 Å². The minimum atomic E-state index is -0.808. The molecule has 4 heteroatoms. The van der Waals surface area contributed by atoms with Crippen molar-refractivity contribution in [2.24, 2.45) is 0 Å². The summed E-state index contributed by atoms with van der Waals surface area (Å²) in [5, 5.41) is 12.6. The Labute approximate surface area is 111 Å². The van der Waals surface area contributed by atoms with E-state index < -0.39 is 11.5 Å². The maximum atomic E-state index is 11.5. The summed E-state index contributed by atoms with van der Waals surface area (Å²) in [6.07, 6.45) is 4.08. The normalized spacial score (nSPS) is 25.9. The third-order valence-corrected chi connectivity index (χ3v) is 4.11. The van der Waals surface area contributed by atoms with E-state index in [4.69, 9.17) is 0 Å². The first kappa shape index (κ1) is 15.4. The monoisotopic (exact) mass is 256 g/mol. The molecule has 0 radical (unpaired) electrons. The van der Waals surface area contributed by atoms with Gasteiger partial charge >= 0.3 is 5.97 Å². The van der Waals surface area contributed by atoms with Gasteiger partial charge in [-0.15, -0.1) is 0 Å². The quantitative estimate of drug-likeness (QED) is 0.732. The molecule has 1 heterocycles. The first-order valence-electron chi connectivity index (χ1n) is 7.15. The van der Waals surface area contributed by atoms with Gasteiger partial charge in [0.25, 0.3) is 0 Å². The number of hydrogen-bond donors (Lipinski definition) is 2. The van der Waals surface area contributed by atoms with Crippen LogP contribution in [0.2, 0.25) is 0 Å². The summed E-state index contributed by atoms with van der Waals surface area (Å²) < 4.78 is 0. The Hall–Kier alpha value is -0.610. The molecule has 2 N–H and O–H groups in total. The van der Waals surface area contributed by atoms with E-state index in [0.29, 0.717) is 18.5 Å². The van der Waals surface area contributed by atoms with Crippen molar-refractivity contribution >= 4 is 5.97 Å². The molecule has 0 aromatic rings. The predicted octanol–water partition coefficient (Wildman–Crippen LogP) is 2.09. The van der Waals surface area contributed by atoms with E-state index in [1.807, 2.05) is 6.92 Å². The van der Waals surface area contributed by atoms with Gasteiger partial charge in [0, 0.05) is 12.1 Å². The molecule has 18 heavy (non-hydrogen) atoms. The van der Waals surface area contributed by atoms with Crippen LogP contribution in [0.5, 0.6) is 0 Å². The van der Waals surface area contributed by atoms with E-state index in [2.05, 4.69) is 31.0 Å². The van der Waals surface area contributed by atoms with Crippen LogP contribution in [-0.2, 0) is 4.79 Å². The Morgan fingerprint density at radius 1 is 1.61 bits per heavy atom. The van der Waals surface area contributed by atoms with Crippen LogP contribution in [0.15, 0.2) is 0 Å². The van der Waals surface area contributed by atoms with Gasteiger partial charge in [0.1, 0.15) is 5.54 Å². The summed E-state index contributed by atoms with van der Waals surface area (Å²) in [7, 11) is 0. The highest BCUT2D eigenvalue weighted by atomic mass is 16.4. The molecular weight excluding hydrogens is 228 g/mol. The highest BCUT2D eigenvalue weighted by molar-refractivity contribution is 5.78. The summed E-state index contributed by atoms with van der Waals surface area (Å²) in [6, 6.07) is 0.900. The first-order valence-corrected chi connectivity index (χ1v) is 7.15. The summed E-state index contributed by atoms with van der Waals surface area (Å²) in [6.45, 7) is 10.1. The van der Waals surface area contributed by atoms with Crippen molar-refractivity contribution in [1.29, 1.82) is 0 Å². The predicted molar refractivity (Wildman–Crippen MR) is 73.8 cm³/mol. The summed E-state index contributed by atoms with van der Waals surface area (Å²) >= 11 is 0. The van der Waals surface area contributed by atoms with Crippen LogP contribution in [-0.4, -0.2) is 46.7 Å². The highest BCUT2D eigenvalue weighted by Crippen LogP contribution is 2.24. The third kappa shape index (κ3) is 3.69. The Morgan fingerprint density at radius 2 is 2.28 bits per heavy atom. The molecule has 1 aliphatic heterocycles. The average Bonchev–Trinajstić information content (AvgIpc) is 2.72. The second-order valence-corrected chi connectivity index (χ2v) is 5.85. The second-order valence-electron chi connectivity index (χ2n) is 5.85. The van der Waals surface area contributed by atoms with Crippen LogP contribution in [0, 0.1) is 0 Å². The number of carboxylic acid groups (broad SMARTS) is 1. The fraction of sp³-hybridized carbons (Fsp3) is 0.929. The topological polar surface area (TPSA) is 52.6 Å². The molecule has 1 rings (SSSR count). The third-order valence-electron chi connectivity index (χ3n) is 4.11. The molecule has 0 saturated carbocycles. The maximum absolute atomic E-state index is 11.5. The zero-order valence-corrected chi connectivity index (χ0v) is 12.2. The maximum Gasteiger partial charge on any atom is 0.323 e. The molecular formula is C14H28N2O2. The standard InChI is InChI=1S/C14H28N2O2/c1-5-8-15-14(4,13(17)18)10-12(3)16-9-6-7-11(16)2/h11-12,15H,5-10H2,1-4H3,(H,17,18). The first-order chi connectivity index (χ1) is 8.40. The zero-order chi connectivity index (χ0) is 13.8. The molecule has 1 aliphatic rings. The number of nitrogens with one attached hydrogen (secondary N) is 1. The smallest absolute Gasteiger partial charge is 0.323 e. The minimum Gasteiger partial charge on any atom is -0.480 e. The average molecular weight is 256 g/mol. The van der Waals surface area contributed by atoms with Gasteiger partial charge in [-0.3, -0.25) is 9.69 Å². The van der Waals surface area contributed by atoms with E-state index in [0.717, 1.165) is 19.5 Å². The van der Waals surface area contributed by atoms with Gasteiger partial charge in [0.2, 0.25) is 0 Å². The second kappa shape index (κ2) is 6.53. The Bertz CT molecular complexity index is 283. The van der Waals surface area contributed by atoms with Gasteiger partial charge in [0.15, 0.2) is 0 Å². The van der Waals surface area contributed by atoms with Gasteiger partial charge in [-0.05, 0) is 59.5 Å². The number of likely N-dealkylation sites (tertiary alicyclic amines) is 1. The molecule has 0 bridgehead atoms. The number of carbonyl (C=O) groups is 1. The van der Waals surface area contributed by atoms with Gasteiger partial charge < -0.3 is 10.4 Å². The Kier molecular flexibility index (Phi) is 5.60. The van der Waals surface area contributed by atoms with Gasteiger partial charge in [-0.1, -0.05) is 6.92 Å². The molecule has 4 nitrogen and oxygen atoms in total. The van der Waals surface area contributed by atoms with Crippen molar-refractivity contribution in [3.8, 4) is 0 Å². The van der Waals surface area contributed by atoms with E-state index in [9.17, 15) is 9.90 Å². The lowest BCUT2D eigenvalue weighted by atomic mass is 9.92.